The normalized spacial score (nSPS) is 11.8. The number of hydrogen-bond acceptors (Lipinski definition) is 3. The van der Waals surface area contributed by atoms with Crippen molar-refractivity contribution in [1.29, 1.82) is 0 Å². The molecule has 6 heteroatoms. The maximum absolute atomic E-state index is 12.0. The molecule has 0 bridgehead atoms. The van der Waals surface area contributed by atoms with E-state index in [2.05, 4.69) is 14.7 Å². The summed E-state index contributed by atoms with van der Waals surface area (Å²) < 4.78 is 40.5. The van der Waals surface area contributed by atoms with Crippen molar-refractivity contribution in [1.82, 2.24) is 4.98 Å². The topological polar surface area (TPSA) is 34.5 Å². The Bertz CT molecular complexity index is 565. The van der Waals surface area contributed by atoms with Gasteiger partial charge in [-0.2, -0.15) is 13.2 Å². The summed E-state index contributed by atoms with van der Waals surface area (Å²) >= 11 is 0. The highest BCUT2D eigenvalue weighted by Crippen LogP contribution is 2.21. The summed E-state index contributed by atoms with van der Waals surface area (Å²) in [5.41, 5.74) is 1.51. The van der Waals surface area contributed by atoms with Crippen LogP contribution in [0.3, 0.4) is 0 Å². The van der Waals surface area contributed by atoms with Crippen LogP contribution in [0, 0.1) is 0 Å². The number of halogens is 3. The maximum Gasteiger partial charge on any atom is 0.422 e. The molecule has 0 aliphatic rings. The quantitative estimate of drug-likeness (QED) is 0.799. The van der Waals surface area contributed by atoms with Crippen LogP contribution in [-0.4, -0.2) is 24.0 Å². The maximum atomic E-state index is 12.0. The van der Waals surface area contributed by atoms with Crippen molar-refractivity contribution >= 4 is 11.9 Å². The zero-order valence-electron chi connectivity index (χ0n) is 10.3. The summed E-state index contributed by atoms with van der Waals surface area (Å²) in [5.74, 6) is 0.158. The third-order valence-corrected chi connectivity index (χ3v) is 2.31. The second kappa shape index (κ2) is 6.18. The van der Waals surface area contributed by atoms with Crippen LogP contribution in [0.5, 0.6) is 5.75 Å². The Morgan fingerprint density at radius 1 is 1.05 bits per heavy atom. The van der Waals surface area contributed by atoms with Crippen molar-refractivity contribution in [2.45, 2.75) is 6.18 Å². The van der Waals surface area contributed by atoms with E-state index in [1.807, 2.05) is 0 Å². The Balaban J connectivity index is 1.96. The second-order valence-corrected chi connectivity index (χ2v) is 3.94. The molecule has 3 nitrogen and oxygen atoms in total. The van der Waals surface area contributed by atoms with Gasteiger partial charge in [-0.3, -0.25) is 9.98 Å². The molecular formula is C14H11F3N2O. The Hall–Kier alpha value is -2.37. The fourth-order valence-electron chi connectivity index (χ4n) is 1.39. The lowest BCUT2D eigenvalue weighted by molar-refractivity contribution is -0.153. The fraction of sp³-hybridized carbons (Fsp3) is 0.143. The summed E-state index contributed by atoms with van der Waals surface area (Å²) in [6.45, 7) is -1.30. The molecule has 0 aliphatic carbocycles. The molecule has 104 valence electrons. The Kier molecular flexibility index (Phi) is 4.34. The van der Waals surface area contributed by atoms with E-state index in [9.17, 15) is 13.2 Å². The van der Waals surface area contributed by atoms with Crippen LogP contribution in [0.4, 0.5) is 18.9 Å². The molecule has 0 radical (unpaired) electrons. The first-order valence-electron chi connectivity index (χ1n) is 5.77. The predicted molar refractivity (Wildman–Crippen MR) is 69.5 cm³/mol. The van der Waals surface area contributed by atoms with E-state index >= 15 is 0 Å². The van der Waals surface area contributed by atoms with Gasteiger partial charge in [0.2, 0.25) is 0 Å². The van der Waals surface area contributed by atoms with E-state index in [-0.39, 0.29) is 5.75 Å². The van der Waals surface area contributed by atoms with Gasteiger partial charge in [-0.1, -0.05) is 0 Å². The molecule has 0 saturated heterocycles. The highest BCUT2D eigenvalue weighted by Gasteiger charge is 2.28. The largest absolute Gasteiger partial charge is 0.484 e. The lowest BCUT2D eigenvalue weighted by atomic mass is 10.3. The number of nitrogens with zero attached hydrogens (tertiary/aromatic N) is 2. The summed E-state index contributed by atoms with van der Waals surface area (Å²) in [6.07, 6.45) is 0.607. The minimum atomic E-state index is -4.34. The SMILES string of the molecule is FC(F)(F)COc1ccc(N=Cc2ccncc2)cc1. The third-order valence-electron chi connectivity index (χ3n) is 2.31. The predicted octanol–water partition coefficient (Wildman–Crippen LogP) is 3.77. The molecule has 0 unspecified atom stereocenters. The summed E-state index contributed by atoms with van der Waals surface area (Å²) in [4.78, 5) is 8.08. The summed E-state index contributed by atoms with van der Waals surface area (Å²) in [6, 6.07) is 9.66. The van der Waals surface area contributed by atoms with Crippen molar-refractivity contribution in [3.8, 4) is 5.75 Å². The molecule has 0 atom stereocenters. The minimum Gasteiger partial charge on any atom is -0.484 e. The number of hydrogen-bond donors (Lipinski definition) is 0. The lowest BCUT2D eigenvalue weighted by Gasteiger charge is -2.08. The molecule has 2 rings (SSSR count). The van der Waals surface area contributed by atoms with Crippen molar-refractivity contribution in [2.24, 2.45) is 4.99 Å². The molecule has 1 aromatic carbocycles. The Morgan fingerprint density at radius 3 is 2.30 bits per heavy atom. The minimum absolute atomic E-state index is 0.158. The number of rotatable bonds is 4. The van der Waals surface area contributed by atoms with Crippen LogP contribution in [-0.2, 0) is 0 Å². The van der Waals surface area contributed by atoms with Gasteiger partial charge in [-0.05, 0) is 42.0 Å². The van der Waals surface area contributed by atoms with Crippen molar-refractivity contribution in [3.63, 3.8) is 0 Å². The average Bonchev–Trinajstić information content (AvgIpc) is 2.44. The molecule has 0 N–H and O–H groups in total. The van der Waals surface area contributed by atoms with E-state index in [1.54, 1.807) is 42.9 Å². The standard InChI is InChI=1S/C14H11F3N2O/c15-14(16,17)10-20-13-3-1-12(2-4-13)19-9-11-5-7-18-8-6-11/h1-9H,10H2. The molecule has 0 amide bonds. The van der Waals surface area contributed by atoms with E-state index in [0.29, 0.717) is 5.69 Å². The van der Waals surface area contributed by atoms with E-state index in [0.717, 1.165) is 5.56 Å². The van der Waals surface area contributed by atoms with Gasteiger partial charge in [0.1, 0.15) is 5.75 Å². The molecule has 1 heterocycles. The Morgan fingerprint density at radius 2 is 1.70 bits per heavy atom. The van der Waals surface area contributed by atoms with E-state index in [4.69, 9.17) is 0 Å². The number of aromatic nitrogens is 1. The number of benzene rings is 1. The highest BCUT2D eigenvalue weighted by molar-refractivity contribution is 5.81. The van der Waals surface area contributed by atoms with E-state index in [1.165, 1.54) is 12.1 Å². The van der Waals surface area contributed by atoms with Crippen LogP contribution in [0.1, 0.15) is 5.56 Å². The molecular weight excluding hydrogens is 269 g/mol. The van der Waals surface area contributed by atoms with Gasteiger partial charge >= 0.3 is 6.18 Å². The summed E-state index contributed by atoms with van der Waals surface area (Å²) in [5, 5.41) is 0. The number of alkyl halides is 3. The number of ether oxygens (including phenoxy) is 1. The lowest BCUT2D eigenvalue weighted by Crippen LogP contribution is -2.19. The number of aliphatic imine (C=N–C) groups is 1. The van der Waals surface area contributed by atoms with Crippen LogP contribution in [0.25, 0.3) is 0 Å². The Labute approximate surface area is 113 Å². The monoisotopic (exact) mass is 280 g/mol. The average molecular weight is 280 g/mol. The van der Waals surface area contributed by atoms with Crippen LogP contribution >= 0.6 is 0 Å². The van der Waals surface area contributed by atoms with Gasteiger partial charge in [0.25, 0.3) is 0 Å². The zero-order valence-corrected chi connectivity index (χ0v) is 10.3. The fourth-order valence-corrected chi connectivity index (χ4v) is 1.39. The first-order valence-corrected chi connectivity index (χ1v) is 5.77. The zero-order chi connectivity index (χ0) is 14.4. The molecule has 2 aromatic rings. The second-order valence-electron chi connectivity index (χ2n) is 3.94. The molecule has 0 saturated carbocycles. The van der Waals surface area contributed by atoms with Gasteiger partial charge < -0.3 is 4.74 Å². The highest BCUT2D eigenvalue weighted by atomic mass is 19.4. The van der Waals surface area contributed by atoms with Gasteiger partial charge in [-0.15, -0.1) is 0 Å². The van der Waals surface area contributed by atoms with Crippen molar-refractivity contribution < 1.29 is 17.9 Å². The van der Waals surface area contributed by atoms with Gasteiger partial charge in [0, 0.05) is 18.6 Å². The van der Waals surface area contributed by atoms with Crippen LogP contribution in [0.2, 0.25) is 0 Å². The molecule has 0 aliphatic heterocycles. The van der Waals surface area contributed by atoms with Gasteiger partial charge in [-0.25, -0.2) is 0 Å². The first-order chi connectivity index (χ1) is 9.53. The van der Waals surface area contributed by atoms with Crippen molar-refractivity contribution in [2.75, 3.05) is 6.61 Å². The first kappa shape index (κ1) is 14.0. The molecule has 0 fully saturated rings. The third kappa shape index (κ3) is 4.72. The van der Waals surface area contributed by atoms with Crippen LogP contribution < -0.4 is 4.74 Å². The molecule has 1 aromatic heterocycles. The molecule has 0 spiro atoms. The van der Waals surface area contributed by atoms with E-state index < -0.39 is 12.8 Å². The molecule has 20 heavy (non-hydrogen) atoms. The van der Waals surface area contributed by atoms with Crippen LogP contribution in [0.15, 0.2) is 53.8 Å². The number of pyridine rings is 1. The van der Waals surface area contributed by atoms with Gasteiger partial charge in [0.15, 0.2) is 6.61 Å². The van der Waals surface area contributed by atoms with Gasteiger partial charge in [0.05, 0.1) is 5.69 Å². The van der Waals surface area contributed by atoms with Crippen molar-refractivity contribution in [3.05, 3.63) is 54.4 Å². The summed E-state index contributed by atoms with van der Waals surface area (Å²) in [7, 11) is 0. The smallest absolute Gasteiger partial charge is 0.422 e.